The highest BCUT2D eigenvalue weighted by Gasteiger charge is 2.22. The smallest absolute Gasteiger partial charge is 0.337 e. The number of hydrogen-bond acceptors (Lipinski definition) is 4. The summed E-state index contributed by atoms with van der Waals surface area (Å²) in [6.07, 6.45) is 0. The van der Waals surface area contributed by atoms with Crippen molar-refractivity contribution < 1.29 is 19.1 Å². The van der Waals surface area contributed by atoms with Crippen LogP contribution in [0.25, 0.3) is 0 Å². The molecule has 33 heavy (non-hydrogen) atoms. The van der Waals surface area contributed by atoms with Crippen molar-refractivity contribution in [2.75, 3.05) is 41.3 Å². The van der Waals surface area contributed by atoms with E-state index >= 15 is 0 Å². The lowest BCUT2D eigenvalue weighted by Crippen LogP contribution is -2.46. The fraction of sp³-hybridized carbons (Fsp3) is 0.200. The van der Waals surface area contributed by atoms with Gasteiger partial charge in [0.2, 0.25) is 0 Å². The summed E-state index contributed by atoms with van der Waals surface area (Å²) in [4.78, 5) is 28.7. The average Bonchev–Trinajstić information content (AvgIpc) is 2.81. The minimum atomic E-state index is -1.17. The number of carbonyl (C=O) groups excluding carboxylic acids is 1. The predicted octanol–water partition coefficient (Wildman–Crippen LogP) is 5.06. The van der Waals surface area contributed by atoms with E-state index in [0.29, 0.717) is 18.1 Å². The highest BCUT2D eigenvalue weighted by atomic mass is 35.5. The van der Waals surface area contributed by atoms with E-state index in [-0.39, 0.29) is 16.8 Å². The van der Waals surface area contributed by atoms with Crippen molar-refractivity contribution in [2.45, 2.75) is 6.92 Å². The number of piperazine rings is 1. The molecule has 3 aromatic carbocycles. The summed E-state index contributed by atoms with van der Waals surface area (Å²) >= 11 is 6.16. The number of anilines is 3. The number of rotatable bonds is 5. The summed E-state index contributed by atoms with van der Waals surface area (Å²) in [6.45, 7) is 4.97. The molecule has 0 spiro atoms. The molecule has 1 heterocycles. The average molecular weight is 468 g/mol. The molecule has 4 rings (SSSR count). The SMILES string of the molecule is Cc1ccc(Cl)cc1N1CCN(c2ccc(NC(=O)c3ccccc3F)c(C(=O)O)c2)CC1. The van der Waals surface area contributed by atoms with Gasteiger partial charge in [0, 0.05) is 42.6 Å². The Labute approximate surface area is 196 Å². The van der Waals surface area contributed by atoms with Crippen molar-refractivity contribution in [2.24, 2.45) is 0 Å². The molecular formula is C25H23ClFN3O3. The van der Waals surface area contributed by atoms with Crippen LogP contribution in [0.15, 0.2) is 60.7 Å². The molecule has 3 aromatic rings. The normalized spacial score (nSPS) is 13.7. The zero-order valence-corrected chi connectivity index (χ0v) is 18.8. The van der Waals surface area contributed by atoms with Gasteiger partial charge in [-0.2, -0.15) is 0 Å². The van der Waals surface area contributed by atoms with Crippen LogP contribution in [-0.2, 0) is 0 Å². The number of nitrogens with zero attached hydrogens (tertiary/aromatic N) is 2. The van der Waals surface area contributed by atoms with Gasteiger partial charge in [-0.1, -0.05) is 29.8 Å². The molecule has 1 fully saturated rings. The van der Waals surface area contributed by atoms with Crippen LogP contribution in [0.3, 0.4) is 0 Å². The quantitative estimate of drug-likeness (QED) is 0.548. The van der Waals surface area contributed by atoms with E-state index in [9.17, 15) is 19.1 Å². The molecule has 0 aromatic heterocycles. The first-order valence-electron chi connectivity index (χ1n) is 10.5. The number of halogens is 2. The lowest BCUT2D eigenvalue weighted by atomic mass is 10.1. The lowest BCUT2D eigenvalue weighted by molar-refractivity contribution is 0.0698. The zero-order valence-electron chi connectivity index (χ0n) is 18.0. The van der Waals surface area contributed by atoms with Crippen LogP contribution in [0.5, 0.6) is 0 Å². The van der Waals surface area contributed by atoms with Gasteiger partial charge in [-0.3, -0.25) is 4.79 Å². The zero-order chi connectivity index (χ0) is 23.5. The van der Waals surface area contributed by atoms with Crippen LogP contribution in [0.2, 0.25) is 5.02 Å². The topological polar surface area (TPSA) is 72.9 Å². The summed E-state index contributed by atoms with van der Waals surface area (Å²) < 4.78 is 13.9. The summed E-state index contributed by atoms with van der Waals surface area (Å²) in [7, 11) is 0. The Morgan fingerprint density at radius 1 is 0.939 bits per heavy atom. The van der Waals surface area contributed by atoms with Crippen LogP contribution in [0.1, 0.15) is 26.3 Å². The molecule has 0 radical (unpaired) electrons. The molecule has 6 nitrogen and oxygen atoms in total. The van der Waals surface area contributed by atoms with Crippen LogP contribution < -0.4 is 15.1 Å². The number of amides is 1. The fourth-order valence-electron chi connectivity index (χ4n) is 3.98. The first-order chi connectivity index (χ1) is 15.8. The standard InChI is InChI=1S/C25H23ClFN3O3/c1-16-6-7-17(26)14-23(16)30-12-10-29(11-13-30)18-8-9-22(20(15-18)25(32)33)28-24(31)19-4-2-3-5-21(19)27/h2-9,14-15H,10-13H2,1H3,(H,28,31)(H,32,33). The third-order valence-corrected chi connectivity index (χ3v) is 5.99. The van der Waals surface area contributed by atoms with Gasteiger partial charge in [-0.05, 0) is 55.0 Å². The Kier molecular flexibility index (Phi) is 6.51. The Morgan fingerprint density at radius 2 is 1.64 bits per heavy atom. The van der Waals surface area contributed by atoms with Gasteiger partial charge in [0.25, 0.3) is 5.91 Å². The minimum absolute atomic E-state index is 0.0506. The maximum atomic E-state index is 13.9. The van der Waals surface area contributed by atoms with Crippen LogP contribution in [-0.4, -0.2) is 43.2 Å². The molecule has 2 N–H and O–H groups in total. The van der Waals surface area contributed by atoms with Crippen molar-refractivity contribution in [3.05, 3.63) is 88.2 Å². The molecule has 0 unspecified atom stereocenters. The number of hydrogen-bond donors (Lipinski definition) is 2. The van der Waals surface area contributed by atoms with Gasteiger partial charge in [0.15, 0.2) is 0 Å². The van der Waals surface area contributed by atoms with Crippen molar-refractivity contribution in [1.82, 2.24) is 0 Å². The van der Waals surface area contributed by atoms with Crippen LogP contribution in [0.4, 0.5) is 21.5 Å². The van der Waals surface area contributed by atoms with Gasteiger partial charge in [0.1, 0.15) is 5.82 Å². The Morgan fingerprint density at radius 3 is 2.33 bits per heavy atom. The van der Waals surface area contributed by atoms with Gasteiger partial charge in [-0.25, -0.2) is 9.18 Å². The third kappa shape index (κ3) is 4.93. The predicted molar refractivity (Wildman–Crippen MR) is 128 cm³/mol. The number of aryl methyl sites for hydroxylation is 1. The van der Waals surface area contributed by atoms with Crippen molar-refractivity contribution in [1.29, 1.82) is 0 Å². The highest BCUT2D eigenvalue weighted by molar-refractivity contribution is 6.30. The Balaban J connectivity index is 1.50. The van der Waals surface area contributed by atoms with Gasteiger partial charge < -0.3 is 20.2 Å². The van der Waals surface area contributed by atoms with E-state index in [1.165, 1.54) is 18.2 Å². The molecule has 8 heteroatoms. The van der Waals surface area contributed by atoms with Crippen LogP contribution in [0, 0.1) is 12.7 Å². The molecule has 1 saturated heterocycles. The number of benzene rings is 3. The van der Waals surface area contributed by atoms with Gasteiger partial charge in [0.05, 0.1) is 16.8 Å². The second-order valence-corrected chi connectivity index (χ2v) is 8.31. The molecule has 1 aliphatic heterocycles. The number of aromatic carboxylic acids is 1. The van der Waals surface area contributed by atoms with Crippen LogP contribution >= 0.6 is 11.6 Å². The highest BCUT2D eigenvalue weighted by Crippen LogP contribution is 2.28. The molecule has 0 saturated carbocycles. The van der Waals surface area contributed by atoms with Crippen molar-refractivity contribution >= 4 is 40.5 Å². The largest absolute Gasteiger partial charge is 0.478 e. The maximum Gasteiger partial charge on any atom is 0.337 e. The summed E-state index contributed by atoms with van der Waals surface area (Å²) in [6, 6.07) is 16.2. The summed E-state index contributed by atoms with van der Waals surface area (Å²) in [5, 5.41) is 12.9. The van der Waals surface area contributed by atoms with Crippen molar-refractivity contribution in [3.8, 4) is 0 Å². The second-order valence-electron chi connectivity index (χ2n) is 7.87. The summed E-state index contributed by atoms with van der Waals surface area (Å²) in [5.41, 5.74) is 2.91. The summed E-state index contributed by atoms with van der Waals surface area (Å²) in [5.74, 6) is -2.54. The number of nitrogens with one attached hydrogen (secondary N) is 1. The molecule has 0 aliphatic carbocycles. The lowest BCUT2D eigenvalue weighted by Gasteiger charge is -2.38. The molecule has 170 valence electrons. The molecule has 1 amide bonds. The van der Waals surface area contributed by atoms with E-state index in [2.05, 4.69) is 15.1 Å². The second kappa shape index (κ2) is 9.50. The molecule has 0 bridgehead atoms. The van der Waals surface area contributed by atoms with Crippen molar-refractivity contribution in [3.63, 3.8) is 0 Å². The molecule has 1 aliphatic rings. The van der Waals surface area contributed by atoms with E-state index in [1.807, 2.05) is 25.1 Å². The minimum Gasteiger partial charge on any atom is -0.478 e. The fourth-order valence-corrected chi connectivity index (χ4v) is 4.15. The first kappa shape index (κ1) is 22.6. The monoisotopic (exact) mass is 467 g/mol. The van der Waals surface area contributed by atoms with E-state index in [4.69, 9.17) is 11.6 Å². The van der Waals surface area contributed by atoms with E-state index in [0.717, 1.165) is 30.0 Å². The van der Waals surface area contributed by atoms with E-state index in [1.54, 1.807) is 24.3 Å². The molecular weight excluding hydrogens is 445 g/mol. The Bertz CT molecular complexity index is 1210. The first-order valence-corrected chi connectivity index (χ1v) is 10.9. The number of carbonyl (C=O) groups is 2. The van der Waals surface area contributed by atoms with Gasteiger partial charge in [-0.15, -0.1) is 0 Å². The molecule has 0 atom stereocenters. The Hall–Kier alpha value is -3.58. The van der Waals surface area contributed by atoms with Gasteiger partial charge >= 0.3 is 5.97 Å². The van der Waals surface area contributed by atoms with E-state index < -0.39 is 17.7 Å². The maximum absolute atomic E-state index is 13.9. The number of carboxylic acids is 1. The third-order valence-electron chi connectivity index (χ3n) is 5.76. The number of carboxylic acid groups (broad SMARTS) is 1.